The first-order valence-electron chi connectivity index (χ1n) is 7.34. The first kappa shape index (κ1) is 13.4. The van der Waals surface area contributed by atoms with Crippen molar-refractivity contribution in [3.63, 3.8) is 0 Å². The Hall–Kier alpha value is -1.62. The van der Waals surface area contributed by atoms with Crippen LogP contribution in [0.4, 0.5) is 0 Å². The summed E-state index contributed by atoms with van der Waals surface area (Å²) in [5.74, 6) is 3.93. The SMILES string of the molecule is CCCc1nnc(C2CCN(Cc3ccc(C)o3)C2)o1. The van der Waals surface area contributed by atoms with E-state index < -0.39 is 0 Å². The zero-order chi connectivity index (χ0) is 13.9. The first-order chi connectivity index (χ1) is 9.74. The fourth-order valence-electron chi connectivity index (χ4n) is 2.71. The average Bonchev–Trinajstić information content (AvgIpc) is 3.12. The largest absolute Gasteiger partial charge is 0.465 e. The number of nitrogens with zero attached hydrogens (tertiary/aromatic N) is 3. The Balaban J connectivity index is 1.58. The minimum Gasteiger partial charge on any atom is -0.465 e. The Morgan fingerprint density at radius 3 is 2.95 bits per heavy atom. The van der Waals surface area contributed by atoms with Gasteiger partial charge in [0, 0.05) is 13.0 Å². The van der Waals surface area contributed by atoms with Crippen LogP contribution in [0.5, 0.6) is 0 Å². The summed E-state index contributed by atoms with van der Waals surface area (Å²) in [5.41, 5.74) is 0. The summed E-state index contributed by atoms with van der Waals surface area (Å²) in [6.45, 7) is 6.97. The minimum atomic E-state index is 0.365. The van der Waals surface area contributed by atoms with Crippen molar-refractivity contribution in [1.29, 1.82) is 0 Å². The molecule has 1 unspecified atom stereocenters. The molecule has 0 amide bonds. The van der Waals surface area contributed by atoms with Gasteiger partial charge in [-0.2, -0.15) is 0 Å². The third-order valence-electron chi connectivity index (χ3n) is 3.74. The second kappa shape index (κ2) is 5.79. The zero-order valence-electron chi connectivity index (χ0n) is 12.1. The van der Waals surface area contributed by atoms with Crippen LogP contribution in [-0.2, 0) is 13.0 Å². The molecule has 108 valence electrons. The molecule has 1 atom stereocenters. The third kappa shape index (κ3) is 2.93. The van der Waals surface area contributed by atoms with Gasteiger partial charge in [-0.25, -0.2) is 0 Å². The van der Waals surface area contributed by atoms with Gasteiger partial charge in [0.05, 0.1) is 12.5 Å². The van der Waals surface area contributed by atoms with Gasteiger partial charge in [-0.3, -0.25) is 4.90 Å². The maximum Gasteiger partial charge on any atom is 0.220 e. The summed E-state index contributed by atoms with van der Waals surface area (Å²) in [5, 5.41) is 8.30. The number of aryl methyl sites for hydroxylation is 2. The van der Waals surface area contributed by atoms with Gasteiger partial charge < -0.3 is 8.83 Å². The second-order valence-electron chi connectivity index (χ2n) is 5.52. The predicted octanol–water partition coefficient (Wildman–Crippen LogP) is 2.91. The molecule has 0 N–H and O–H groups in total. The highest BCUT2D eigenvalue weighted by Gasteiger charge is 2.28. The number of likely N-dealkylation sites (tertiary alicyclic amines) is 1. The molecule has 2 aromatic rings. The standard InChI is InChI=1S/C15H21N3O2/c1-3-4-14-16-17-15(20-14)12-7-8-18(9-12)10-13-6-5-11(2)19-13/h5-6,12H,3-4,7-10H2,1-2H3. The molecule has 5 nitrogen and oxygen atoms in total. The number of hydrogen-bond donors (Lipinski definition) is 0. The summed E-state index contributed by atoms with van der Waals surface area (Å²) < 4.78 is 11.4. The van der Waals surface area contributed by atoms with E-state index in [1.807, 2.05) is 13.0 Å². The average molecular weight is 275 g/mol. The van der Waals surface area contributed by atoms with E-state index in [1.54, 1.807) is 0 Å². The van der Waals surface area contributed by atoms with E-state index in [0.717, 1.165) is 62.2 Å². The van der Waals surface area contributed by atoms with Gasteiger partial charge >= 0.3 is 0 Å². The van der Waals surface area contributed by atoms with Crippen LogP contribution in [0.25, 0.3) is 0 Å². The minimum absolute atomic E-state index is 0.365. The molecule has 0 bridgehead atoms. The Labute approximate surface area is 119 Å². The molecule has 0 aliphatic carbocycles. The maximum absolute atomic E-state index is 5.74. The van der Waals surface area contributed by atoms with Gasteiger partial charge in [-0.15, -0.1) is 10.2 Å². The normalized spacial score (nSPS) is 19.8. The molecule has 2 aromatic heterocycles. The summed E-state index contributed by atoms with van der Waals surface area (Å²) >= 11 is 0. The summed E-state index contributed by atoms with van der Waals surface area (Å²) in [6.07, 6.45) is 2.98. The topological polar surface area (TPSA) is 55.3 Å². The van der Waals surface area contributed by atoms with Gasteiger partial charge in [-0.05, 0) is 38.4 Å². The third-order valence-corrected chi connectivity index (χ3v) is 3.74. The van der Waals surface area contributed by atoms with Crippen LogP contribution < -0.4 is 0 Å². The van der Waals surface area contributed by atoms with E-state index in [1.165, 1.54) is 0 Å². The number of hydrogen-bond acceptors (Lipinski definition) is 5. The van der Waals surface area contributed by atoms with Crippen molar-refractivity contribution in [1.82, 2.24) is 15.1 Å². The molecule has 1 saturated heterocycles. The molecule has 0 radical (unpaired) electrons. The lowest BCUT2D eigenvalue weighted by molar-refractivity contribution is 0.286. The smallest absolute Gasteiger partial charge is 0.220 e. The number of aromatic nitrogens is 2. The maximum atomic E-state index is 5.74. The Kier molecular flexibility index (Phi) is 3.87. The van der Waals surface area contributed by atoms with Gasteiger partial charge in [0.1, 0.15) is 11.5 Å². The van der Waals surface area contributed by atoms with Crippen molar-refractivity contribution in [2.75, 3.05) is 13.1 Å². The molecule has 1 fully saturated rings. The highest BCUT2D eigenvalue weighted by molar-refractivity contribution is 5.06. The van der Waals surface area contributed by atoms with Gasteiger partial charge in [0.15, 0.2) is 0 Å². The van der Waals surface area contributed by atoms with Crippen LogP contribution in [0.1, 0.15) is 49.0 Å². The summed E-state index contributed by atoms with van der Waals surface area (Å²) in [7, 11) is 0. The lowest BCUT2D eigenvalue weighted by atomic mass is 10.1. The summed E-state index contributed by atoms with van der Waals surface area (Å²) in [6, 6.07) is 4.06. The van der Waals surface area contributed by atoms with Crippen LogP contribution in [-0.4, -0.2) is 28.2 Å². The molecule has 3 rings (SSSR count). The van der Waals surface area contributed by atoms with E-state index in [0.29, 0.717) is 5.92 Å². The summed E-state index contributed by atoms with van der Waals surface area (Å²) in [4.78, 5) is 2.38. The van der Waals surface area contributed by atoms with Crippen LogP contribution in [0.15, 0.2) is 21.0 Å². The van der Waals surface area contributed by atoms with Crippen molar-refractivity contribution < 1.29 is 8.83 Å². The molecule has 20 heavy (non-hydrogen) atoms. The Bertz CT molecular complexity index is 561. The second-order valence-corrected chi connectivity index (χ2v) is 5.52. The van der Waals surface area contributed by atoms with E-state index in [-0.39, 0.29) is 0 Å². The van der Waals surface area contributed by atoms with Crippen molar-refractivity contribution in [3.05, 3.63) is 35.4 Å². The van der Waals surface area contributed by atoms with Gasteiger partial charge in [-0.1, -0.05) is 6.92 Å². The monoisotopic (exact) mass is 275 g/mol. The molecule has 1 aliphatic heterocycles. The van der Waals surface area contributed by atoms with Gasteiger partial charge in [0.25, 0.3) is 0 Å². The van der Waals surface area contributed by atoms with Crippen molar-refractivity contribution >= 4 is 0 Å². The van der Waals surface area contributed by atoms with Crippen LogP contribution in [0.2, 0.25) is 0 Å². The van der Waals surface area contributed by atoms with Crippen LogP contribution in [0.3, 0.4) is 0 Å². The molecule has 0 spiro atoms. The van der Waals surface area contributed by atoms with E-state index in [9.17, 15) is 0 Å². The zero-order valence-corrected chi connectivity index (χ0v) is 12.1. The molecular formula is C15H21N3O2. The van der Waals surface area contributed by atoms with Crippen molar-refractivity contribution in [2.24, 2.45) is 0 Å². The van der Waals surface area contributed by atoms with E-state index in [4.69, 9.17) is 8.83 Å². The molecule has 0 saturated carbocycles. The van der Waals surface area contributed by atoms with Crippen molar-refractivity contribution in [3.8, 4) is 0 Å². The molecule has 3 heterocycles. The lowest BCUT2D eigenvalue weighted by Gasteiger charge is -2.12. The highest BCUT2D eigenvalue weighted by Crippen LogP contribution is 2.27. The van der Waals surface area contributed by atoms with Gasteiger partial charge in [0.2, 0.25) is 11.8 Å². The lowest BCUT2D eigenvalue weighted by Crippen LogP contribution is -2.19. The Morgan fingerprint density at radius 1 is 1.30 bits per heavy atom. The van der Waals surface area contributed by atoms with Crippen LogP contribution >= 0.6 is 0 Å². The molecule has 5 heteroatoms. The first-order valence-corrected chi connectivity index (χ1v) is 7.34. The number of furan rings is 1. The predicted molar refractivity (Wildman–Crippen MR) is 74.4 cm³/mol. The van der Waals surface area contributed by atoms with E-state index in [2.05, 4.69) is 28.1 Å². The molecule has 0 aromatic carbocycles. The number of rotatable bonds is 5. The fraction of sp³-hybridized carbons (Fsp3) is 0.600. The quantitative estimate of drug-likeness (QED) is 0.839. The Morgan fingerprint density at radius 2 is 2.20 bits per heavy atom. The highest BCUT2D eigenvalue weighted by atomic mass is 16.4. The van der Waals surface area contributed by atoms with E-state index >= 15 is 0 Å². The van der Waals surface area contributed by atoms with Crippen molar-refractivity contribution in [2.45, 2.75) is 45.6 Å². The fourth-order valence-corrected chi connectivity index (χ4v) is 2.71. The molecule has 1 aliphatic rings. The molecular weight excluding hydrogens is 254 g/mol. The van der Waals surface area contributed by atoms with Crippen LogP contribution in [0, 0.1) is 6.92 Å².